The fourth-order valence-corrected chi connectivity index (χ4v) is 5.22. The van der Waals surface area contributed by atoms with Gasteiger partial charge in [-0.1, -0.05) is 29.3 Å². The lowest BCUT2D eigenvalue weighted by molar-refractivity contribution is 0.385. The van der Waals surface area contributed by atoms with Gasteiger partial charge in [0.15, 0.2) is 0 Å². The number of phenols is 1. The van der Waals surface area contributed by atoms with Gasteiger partial charge in [-0.2, -0.15) is 4.31 Å². The van der Waals surface area contributed by atoms with Crippen LogP contribution in [0.25, 0.3) is 0 Å². The first-order valence-electron chi connectivity index (χ1n) is 7.38. The van der Waals surface area contributed by atoms with Crippen LogP contribution < -0.4 is 4.90 Å². The second-order valence-electron chi connectivity index (χ2n) is 5.46. The molecule has 0 spiro atoms. The maximum atomic E-state index is 12.8. The van der Waals surface area contributed by atoms with Gasteiger partial charge in [0.05, 0.1) is 10.0 Å². The lowest BCUT2D eigenvalue weighted by atomic mass is 10.2. The Morgan fingerprint density at radius 1 is 0.875 bits per heavy atom. The number of nitrogens with zero attached hydrogens (tertiary/aromatic N) is 2. The number of rotatable bonds is 3. The van der Waals surface area contributed by atoms with Gasteiger partial charge in [-0.15, -0.1) is 0 Å². The average Bonchev–Trinajstić information content (AvgIpc) is 2.55. The van der Waals surface area contributed by atoms with E-state index in [1.807, 2.05) is 12.1 Å². The van der Waals surface area contributed by atoms with Gasteiger partial charge in [0.25, 0.3) is 0 Å². The molecule has 3 rings (SSSR count). The van der Waals surface area contributed by atoms with Gasteiger partial charge in [0, 0.05) is 31.9 Å². The zero-order valence-electron chi connectivity index (χ0n) is 12.7. The minimum Gasteiger partial charge on any atom is -0.508 e. The van der Waals surface area contributed by atoms with E-state index in [9.17, 15) is 13.5 Å². The number of hydrogen-bond donors (Lipinski definition) is 1. The molecule has 1 aliphatic rings. The van der Waals surface area contributed by atoms with Crippen molar-refractivity contribution in [1.29, 1.82) is 0 Å². The number of halogens is 2. The summed E-state index contributed by atoms with van der Waals surface area (Å²) in [7, 11) is -3.73. The van der Waals surface area contributed by atoms with E-state index in [0.717, 1.165) is 5.69 Å². The van der Waals surface area contributed by atoms with Crippen LogP contribution >= 0.6 is 23.2 Å². The molecule has 0 amide bonds. The van der Waals surface area contributed by atoms with Crippen LogP contribution in [0.1, 0.15) is 0 Å². The van der Waals surface area contributed by atoms with Crippen LogP contribution in [0.5, 0.6) is 5.75 Å². The van der Waals surface area contributed by atoms with Crippen molar-refractivity contribution in [2.75, 3.05) is 31.1 Å². The molecule has 8 heteroatoms. The van der Waals surface area contributed by atoms with Crippen LogP contribution in [0.3, 0.4) is 0 Å². The van der Waals surface area contributed by atoms with E-state index in [0.29, 0.717) is 26.2 Å². The third-order valence-electron chi connectivity index (χ3n) is 3.97. The lowest BCUT2D eigenvalue weighted by Gasteiger charge is -2.35. The van der Waals surface area contributed by atoms with Gasteiger partial charge in [0.2, 0.25) is 10.0 Å². The number of benzene rings is 2. The summed E-state index contributed by atoms with van der Waals surface area (Å²) in [6.07, 6.45) is 0. The van der Waals surface area contributed by atoms with E-state index < -0.39 is 10.0 Å². The van der Waals surface area contributed by atoms with Gasteiger partial charge in [-0.3, -0.25) is 0 Å². The van der Waals surface area contributed by atoms with Crippen LogP contribution in [-0.4, -0.2) is 44.0 Å². The molecule has 0 radical (unpaired) electrons. The molecule has 2 aromatic carbocycles. The second kappa shape index (κ2) is 6.80. The largest absolute Gasteiger partial charge is 0.508 e. The summed E-state index contributed by atoms with van der Waals surface area (Å²) < 4.78 is 27.0. The van der Waals surface area contributed by atoms with Gasteiger partial charge >= 0.3 is 0 Å². The molecule has 0 atom stereocenters. The predicted molar refractivity (Wildman–Crippen MR) is 95.5 cm³/mol. The van der Waals surface area contributed by atoms with Crippen LogP contribution in [0.2, 0.25) is 10.0 Å². The predicted octanol–water partition coefficient (Wildman–Crippen LogP) is 3.21. The summed E-state index contributed by atoms with van der Waals surface area (Å²) in [5, 5.41) is 9.61. The van der Waals surface area contributed by atoms with Crippen molar-refractivity contribution >= 4 is 38.9 Å². The van der Waals surface area contributed by atoms with Gasteiger partial charge < -0.3 is 10.0 Å². The highest BCUT2D eigenvalue weighted by Crippen LogP contribution is 2.32. The number of anilines is 1. The van der Waals surface area contributed by atoms with Crippen molar-refractivity contribution in [3.63, 3.8) is 0 Å². The van der Waals surface area contributed by atoms with E-state index >= 15 is 0 Å². The molecule has 1 heterocycles. The van der Waals surface area contributed by atoms with Crippen molar-refractivity contribution in [1.82, 2.24) is 4.31 Å². The number of phenolic OH excluding ortho intramolecular Hbond substituents is 1. The van der Waals surface area contributed by atoms with Gasteiger partial charge in [0.1, 0.15) is 10.6 Å². The molecule has 128 valence electrons. The molecule has 0 saturated carbocycles. The highest BCUT2D eigenvalue weighted by molar-refractivity contribution is 7.89. The Morgan fingerprint density at radius 3 is 1.96 bits per heavy atom. The molecule has 1 aliphatic heterocycles. The van der Waals surface area contributed by atoms with E-state index in [-0.39, 0.29) is 20.7 Å². The number of hydrogen-bond acceptors (Lipinski definition) is 4. The average molecular weight is 387 g/mol. The fourth-order valence-electron chi connectivity index (χ4n) is 2.71. The molecule has 0 aliphatic carbocycles. The maximum absolute atomic E-state index is 12.8. The second-order valence-corrected chi connectivity index (χ2v) is 8.15. The fraction of sp³-hybridized carbons (Fsp3) is 0.250. The minimum atomic E-state index is -3.73. The first-order valence-corrected chi connectivity index (χ1v) is 9.57. The van der Waals surface area contributed by atoms with E-state index in [1.165, 1.54) is 16.4 Å². The number of sulfonamides is 1. The topological polar surface area (TPSA) is 60.9 Å². The van der Waals surface area contributed by atoms with Crippen molar-refractivity contribution < 1.29 is 13.5 Å². The van der Waals surface area contributed by atoms with Crippen molar-refractivity contribution in [2.24, 2.45) is 0 Å². The monoisotopic (exact) mass is 386 g/mol. The van der Waals surface area contributed by atoms with Gasteiger partial charge in [-0.05, 0) is 36.4 Å². The van der Waals surface area contributed by atoms with Crippen molar-refractivity contribution in [3.05, 3.63) is 52.5 Å². The zero-order chi connectivity index (χ0) is 17.3. The molecule has 1 fully saturated rings. The lowest BCUT2D eigenvalue weighted by Crippen LogP contribution is -2.48. The summed E-state index contributed by atoms with van der Waals surface area (Å²) in [6.45, 7) is 1.77. The maximum Gasteiger partial charge on any atom is 0.246 e. The third-order valence-corrected chi connectivity index (χ3v) is 6.83. The Bertz CT molecular complexity index is 813. The molecule has 1 N–H and O–H groups in total. The summed E-state index contributed by atoms with van der Waals surface area (Å²) >= 11 is 12.1. The smallest absolute Gasteiger partial charge is 0.246 e. The molecular formula is C16H16Cl2N2O3S. The Labute approximate surface area is 151 Å². The van der Waals surface area contributed by atoms with Crippen molar-refractivity contribution in [3.8, 4) is 5.75 Å². The molecule has 24 heavy (non-hydrogen) atoms. The first kappa shape index (κ1) is 17.4. The van der Waals surface area contributed by atoms with Crippen LogP contribution in [-0.2, 0) is 10.0 Å². The third kappa shape index (κ3) is 3.32. The SMILES string of the molecule is O=S(=O)(c1c(Cl)cccc1Cl)N1CCN(c2ccc(O)cc2)CC1. The zero-order valence-corrected chi connectivity index (χ0v) is 15.0. The standard InChI is InChI=1S/C16H16Cl2N2O3S/c17-14-2-1-3-15(18)16(14)24(22,23)20-10-8-19(9-11-20)12-4-6-13(21)7-5-12/h1-7,21H,8-11H2. The van der Waals surface area contributed by atoms with Crippen LogP contribution in [0.4, 0.5) is 5.69 Å². The quantitative estimate of drug-likeness (QED) is 0.879. The summed E-state index contributed by atoms with van der Waals surface area (Å²) in [5.41, 5.74) is 0.945. The molecule has 1 saturated heterocycles. The van der Waals surface area contributed by atoms with Gasteiger partial charge in [-0.25, -0.2) is 8.42 Å². The summed E-state index contributed by atoms with van der Waals surface area (Å²) in [6, 6.07) is 11.5. The van der Waals surface area contributed by atoms with E-state index in [1.54, 1.807) is 18.2 Å². The number of aromatic hydroxyl groups is 1. The minimum absolute atomic E-state index is 0.0357. The summed E-state index contributed by atoms with van der Waals surface area (Å²) in [4.78, 5) is 2.03. The Balaban J connectivity index is 1.77. The van der Waals surface area contributed by atoms with Crippen LogP contribution in [0, 0.1) is 0 Å². The highest BCUT2D eigenvalue weighted by Gasteiger charge is 2.31. The highest BCUT2D eigenvalue weighted by atomic mass is 35.5. The number of piperazine rings is 1. The molecule has 2 aromatic rings. The van der Waals surface area contributed by atoms with E-state index in [4.69, 9.17) is 23.2 Å². The Kier molecular flexibility index (Phi) is 4.92. The van der Waals surface area contributed by atoms with E-state index in [2.05, 4.69) is 4.90 Å². The normalized spacial score (nSPS) is 16.3. The van der Waals surface area contributed by atoms with Crippen LogP contribution in [0.15, 0.2) is 47.4 Å². The Hall–Kier alpha value is -1.47. The first-order chi connectivity index (χ1) is 11.4. The molecule has 0 unspecified atom stereocenters. The molecule has 5 nitrogen and oxygen atoms in total. The summed E-state index contributed by atoms with van der Waals surface area (Å²) in [5.74, 6) is 0.202. The molecular weight excluding hydrogens is 371 g/mol. The molecule has 0 aromatic heterocycles. The van der Waals surface area contributed by atoms with Crippen molar-refractivity contribution in [2.45, 2.75) is 4.90 Å². The molecule has 0 bridgehead atoms. The Morgan fingerprint density at radius 2 is 1.42 bits per heavy atom.